The lowest BCUT2D eigenvalue weighted by Gasteiger charge is -2.07. The van der Waals surface area contributed by atoms with E-state index in [4.69, 9.17) is 20.7 Å². The molecule has 16 heavy (non-hydrogen) atoms. The maximum absolute atomic E-state index is 12.9. The van der Waals surface area contributed by atoms with Crippen molar-refractivity contribution in [3.05, 3.63) is 35.6 Å². The van der Waals surface area contributed by atoms with E-state index in [-0.39, 0.29) is 18.5 Å². The molecule has 0 bridgehead atoms. The Morgan fingerprint density at radius 1 is 1.44 bits per heavy atom. The van der Waals surface area contributed by atoms with Gasteiger partial charge in [-0.05, 0) is 18.1 Å². The van der Waals surface area contributed by atoms with Crippen LogP contribution < -0.4 is 11.5 Å². The average Bonchev–Trinajstić information content (AvgIpc) is 2.20. The number of aliphatic hydroxyl groups excluding tert-OH is 1. The molecule has 1 aromatic rings. The molecule has 1 atom stereocenters. The molecular formula is C10H15FN2O3. The molecule has 6 heteroatoms. The van der Waals surface area contributed by atoms with Gasteiger partial charge in [-0.15, -0.1) is 0 Å². The molecule has 0 fully saturated rings. The summed E-state index contributed by atoms with van der Waals surface area (Å²) in [5.74, 6) is -0.263. The Kier molecular flexibility index (Phi) is 6.82. The van der Waals surface area contributed by atoms with E-state index in [1.807, 2.05) is 0 Å². The Bertz CT molecular complexity index is 330. The standard InChI is InChI=1S/C9H12FNO.CH3NO2/c10-9-4-2-1-3-7(9)5-8(11)6-12;2-1(3)4/h1-4,8,12H,5-6,11H2;2H2,(H,3,4). The van der Waals surface area contributed by atoms with Gasteiger partial charge in [0.1, 0.15) is 5.82 Å². The van der Waals surface area contributed by atoms with E-state index >= 15 is 0 Å². The van der Waals surface area contributed by atoms with Gasteiger partial charge in [0.15, 0.2) is 0 Å². The third-order valence-corrected chi connectivity index (χ3v) is 1.67. The van der Waals surface area contributed by atoms with Crippen LogP contribution in [0.3, 0.4) is 0 Å². The fourth-order valence-electron chi connectivity index (χ4n) is 1.01. The maximum Gasteiger partial charge on any atom is 0.402 e. The fraction of sp³-hybridized carbons (Fsp3) is 0.300. The third-order valence-electron chi connectivity index (χ3n) is 1.67. The number of amides is 1. The van der Waals surface area contributed by atoms with Crippen LogP contribution in [0.1, 0.15) is 5.56 Å². The minimum Gasteiger partial charge on any atom is -0.465 e. The second kappa shape index (κ2) is 7.61. The second-order valence-electron chi connectivity index (χ2n) is 3.08. The zero-order valence-corrected chi connectivity index (χ0v) is 8.64. The van der Waals surface area contributed by atoms with Gasteiger partial charge in [0.05, 0.1) is 6.61 Å². The van der Waals surface area contributed by atoms with Crippen LogP contribution in [0.2, 0.25) is 0 Å². The number of carbonyl (C=O) groups is 1. The zero-order chi connectivity index (χ0) is 12.6. The van der Waals surface area contributed by atoms with Crippen LogP contribution in [-0.4, -0.2) is 29.0 Å². The first kappa shape index (κ1) is 14.3. The van der Waals surface area contributed by atoms with E-state index in [1.54, 1.807) is 18.2 Å². The summed E-state index contributed by atoms with van der Waals surface area (Å²) >= 11 is 0. The van der Waals surface area contributed by atoms with Crippen LogP contribution in [0.5, 0.6) is 0 Å². The molecule has 0 aliphatic rings. The average molecular weight is 230 g/mol. The van der Waals surface area contributed by atoms with E-state index in [1.165, 1.54) is 6.07 Å². The smallest absolute Gasteiger partial charge is 0.402 e. The quantitative estimate of drug-likeness (QED) is 0.599. The maximum atomic E-state index is 12.9. The molecule has 0 spiro atoms. The van der Waals surface area contributed by atoms with Gasteiger partial charge in [-0.25, -0.2) is 9.18 Å². The summed E-state index contributed by atoms with van der Waals surface area (Å²) in [5, 5.41) is 15.8. The number of carboxylic acid groups (broad SMARTS) is 1. The van der Waals surface area contributed by atoms with Crippen molar-refractivity contribution >= 4 is 6.09 Å². The number of aliphatic hydroxyl groups is 1. The number of rotatable bonds is 3. The topological polar surface area (TPSA) is 110 Å². The number of primary amides is 1. The molecule has 5 nitrogen and oxygen atoms in total. The molecule has 1 unspecified atom stereocenters. The number of benzene rings is 1. The van der Waals surface area contributed by atoms with Crippen molar-refractivity contribution in [1.82, 2.24) is 0 Å². The Morgan fingerprint density at radius 3 is 2.38 bits per heavy atom. The van der Waals surface area contributed by atoms with Gasteiger partial charge in [0, 0.05) is 6.04 Å². The highest BCUT2D eigenvalue weighted by Gasteiger charge is 2.05. The third kappa shape index (κ3) is 6.74. The molecule has 0 aliphatic heterocycles. The van der Waals surface area contributed by atoms with Crippen LogP contribution in [0.25, 0.3) is 0 Å². The highest BCUT2D eigenvalue weighted by Crippen LogP contribution is 2.07. The Labute approximate surface area is 92.5 Å². The van der Waals surface area contributed by atoms with Crippen LogP contribution in [0, 0.1) is 5.82 Å². The number of hydrogen-bond acceptors (Lipinski definition) is 3. The lowest BCUT2D eigenvalue weighted by Crippen LogP contribution is -2.27. The SMILES string of the molecule is NC(=O)O.NC(CO)Cc1ccccc1F. The van der Waals surface area contributed by atoms with Crippen LogP contribution >= 0.6 is 0 Å². The Morgan fingerprint density at radius 2 is 1.94 bits per heavy atom. The first-order valence-electron chi connectivity index (χ1n) is 4.55. The molecule has 90 valence electrons. The van der Waals surface area contributed by atoms with Crippen LogP contribution in [0.15, 0.2) is 24.3 Å². The molecule has 1 aromatic carbocycles. The van der Waals surface area contributed by atoms with Gasteiger partial charge in [0.2, 0.25) is 0 Å². The van der Waals surface area contributed by atoms with E-state index in [0.717, 1.165) is 0 Å². The summed E-state index contributed by atoms with van der Waals surface area (Å²) in [4.78, 5) is 8.78. The van der Waals surface area contributed by atoms with Gasteiger partial charge < -0.3 is 21.7 Å². The van der Waals surface area contributed by atoms with Crippen molar-refractivity contribution in [3.63, 3.8) is 0 Å². The molecule has 0 aliphatic carbocycles. The van der Waals surface area contributed by atoms with Crippen molar-refractivity contribution in [2.45, 2.75) is 12.5 Å². The van der Waals surface area contributed by atoms with Gasteiger partial charge in [0.25, 0.3) is 0 Å². The largest absolute Gasteiger partial charge is 0.465 e. The summed E-state index contributed by atoms with van der Waals surface area (Å²) in [6, 6.07) is 6.07. The predicted octanol–water partition coefficient (Wildman–Crippen LogP) is 0.311. The van der Waals surface area contributed by atoms with E-state index in [0.29, 0.717) is 12.0 Å². The Balaban J connectivity index is 0.000000487. The molecule has 1 rings (SSSR count). The number of nitrogens with two attached hydrogens (primary N) is 2. The van der Waals surface area contributed by atoms with Crippen molar-refractivity contribution in [2.24, 2.45) is 11.5 Å². The monoisotopic (exact) mass is 230 g/mol. The van der Waals surface area contributed by atoms with Gasteiger partial charge >= 0.3 is 6.09 Å². The molecule has 0 saturated heterocycles. The van der Waals surface area contributed by atoms with E-state index in [9.17, 15) is 4.39 Å². The van der Waals surface area contributed by atoms with Crippen LogP contribution in [0.4, 0.5) is 9.18 Å². The predicted molar refractivity (Wildman–Crippen MR) is 57.4 cm³/mol. The lowest BCUT2D eigenvalue weighted by molar-refractivity contribution is 0.205. The first-order valence-corrected chi connectivity index (χ1v) is 4.55. The molecule has 0 saturated carbocycles. The van der Waals surface area contributed by atoms with E-state index < -0.39 is 6.09 Å². The van der Waals surface area contributed by atoms with Gasteiger partial charge in [-0.1, -0.05) is 18.2 Å². The lowest BCUT2D eigenvalue weighted by atomic mass is 10.1. The zero-order valence-electron chi connectivity index (χ0n) is 8.64. The summed E-state index contributed by atoms with van der Waals surface area (Å²) in [7, 11) is 0. The van der Waals surface area contributed by atoms with Crippen molar-refractivity contribution in [1.29, 1.82) is 0 Å². The Hall–Kier alpha value is -1.66. The van der Waals surface area contributed by atoms with Gasteiger partial charge in [-0.2, -0.15) is 0 Å². The molecule has 0 radical (unpaired) electrons. The normalized spacial score (nSPS) is 11.2. The molecule has 6 N–H and O–H groups in total. The van der Waals surface area contributed by atoms with Gasteiger partial charge in [-0.3, -0.25) is 0 Å². The van der Waals surface area contributed by atoms with Crippen molar-refractivity contribution < 1.29 is 19.4 Å². The van der Waals surface area contributed by atoms with Crippen molar-refractivity contribution in [3.8, 4) is 0 Å². The molecule has 0 aromatic heterocycles. The summed E-state index contributed by atoms with van der Waals surface area (Å²) in [6.45, 7) is -0.117. The number of halogens is 1. The minimum atomic E-state index is -1.33. The number of hydrogen-bond donors (Lipinski definition) is 4. The molecule has 0 heterocycles. The second-order valence-corrected chi connectivity index (χ2v) is 3.08. The van der Waals surface area contributed by atoms with Crippen LogP contribution in [-0.2, 0) is 6.42 Å². The highest BCUT2D eigenvalue weighted by molar-refractivity contribution is 5.61. The van der Waals surface area contributed by atoms with E-state index in [2.05, 4.69) is 5.73 Å². The highest BCUT2D eigenvalue weighted by atomic mass is 19.1. The first-order chi connectivity index (χ1) is 7.47. The summed E-state index contributed by atoms with van der Waals surface area (Å²) in [5.41, 5.74) is 10.0. The fourth-order valence-corrected chi connectivity index (χ4v) is 1.01. The summed E-state index contributed by atoms with van der Waals surface area (Å²) < 4.78 is 12.9. The molecule has 1 amide bonds. The minimum absolute atomic E-state index is 0.117. The molecular weight excluding hydrogens is 215 g/mol. The van der Waals surface area contributed by atoms with Crippen molar-refractivity contribution in [2.75, 3.05) is 6.61 Å². The summed E-state index contributed by atoms with van der Waals surface area (Å²) in [6.07, 6.45) is -0.955.